The standard InChI is InChI=1S/C12H23NS2/c1-4-7-13-10(5-2)12-11(6-3)14-8-9-15-12/h5,10-13H,2,4,6-9H2,1,3H3. The third-order valence-electron chi connectivity index (χ3n) is 2.73. The van der Waals surface area contributed by atoms with Crippen LogP contribution in [0.1, 0.15) is 26.7 Å². The molecule has 0 saturated carbocycles. The Labute approximate surface area is 103 Å². The van der Waals surface area contributed by atoms with Gasteiger partial charge in [0.2, 0.25) is 0 Å². The molecule has 15 heavy (non-hydrogen) atoms. The molecule has 3 atom stereocenters. The molecule has 3 unspecified atom stereocenters. The summed E-state index contributed by atoms with van der Waals surface area (Å²) in [6, 6.07) is 0.493. The zero-order valence-corrected chi connectivity index (χ0v) is 11.5. The van der Waals surface area contributed by atoms with Gasteiger partial charge in [0, 0.05) is 28.0 Å². The van der Waals surface area contributed by atoms with Gasteiger partial charge in [-0.25, -0.2) is 0 Å². The number of thioether (sulfide) groups is 2. The van der Waals surface area contributed by atoms with Gasteiger partial charge in [-0.2, -0.15) is 23.5 Å². The molecule has 1 aliphatic rings. The lowest BCUT2D eigenvalue weighted by molar-refractivity contribution is 0.549. The summed E-state index contributed by atoms with van der Waals surface area (Å²) in [6.45, 7) is 9.60. The van der Waals surface area contributed by atoms with Crippen LogP contribution in [0.25, 0.3) is 0 Å². The normalized spacial score (nSPS) is 28.7. The largest absolute Gasteiger partial charge is 0.309 e. The Hall–Kier alpha value is 0.400. The topological polar surface area (TPSA) is 12.0 Å². The Morgan fingerprint density at radius 2 is 2.13 bits per heavy atom. The molecule has 0 aromatic carbocycles. The number of hydrogen-bond donors (Lipinski definition) is 1. The van der Waals surface area contributed by atoms with E-state index in [1.165, 1.54) is 24.3 Å². The minimum Gasteiger partial charge on any atom is -0.309 e. The van der Waals surface area contributed by atoms with Crippen LogP contribution in [0.3, 0.4) is 0 Å². The molecule has 1 N–H and O–H groups in total. The van der Waals surface area contributed by atoms with Gasteiger partial charge in [0.05, 0.1) is 0 Å². The van der Waals surface area contributed by atoms with Crippen molar-refractivity contribution in [1.82, 2.24) is 5.32 Å². The molecule has 0 radical (unpaired) electrons. The van der Waals surface area contributed by atoms with Crippen molar-refractivity contribution in [3.63, 3.8) is 0 Å². The quantitative estimate of drug-likeness (QED) is 0.722. The highest BCUT2D eigenvalue weighted by Crippen LogP contribution is 2.35. The van der Waals surface area contributed by atoms with E-state index in [2.05, 4.69) is 55.3 Å². The Morgan fingerprint density at radius 1 is 1.40 bits per heavy atom. The monoisotopic (exact) mass is 245 g/mol. The van der Waals surface area contributed by atoms with Crippen molar-refractivity contribution in [2.45, 2.75) is 43.2 Å². The lowest BCUT2D eigenvalue weighted by Crippen LogP contribution is -2.44. The summed E-state index contributed by atoms with van der Waals surface area (Å²) < 4.78 is 0. The van der Waals surface area contributed by atoms with Crippen LogP contribution < -0.4 is 5.32 Å². The van der Waals surface area contributed by atoms with Gasteiger partial charge in [-0.15, -0.1) is 6.58 Å². The molecule has 3 heteroatoms. The molecule has 0 bridgehead atoms. The van der Waals surface area contributed by atoms with Gasteiger partial charge < -0.3 is 5.32 Å². The smallest absolute Gasteiger partial charge is 0.0378 e. The Kier molecular flexibility index (Phi) is 6.86. The third-order valence-corrected chi connectivity index (χ3v) is 6.10. The van der Waals surface area contributed by atoms with Crippen LogP contribution in [0.15, 0.2) is 12.7 Å². The predicted octanol–water partition coefficient (Wildman–Crippen LogP) is 3.17. The number of rotatable bonds is 6. The molecule has 88 valence electrons. The van der Waals surface area contributed by atoms with Gasteiger partial charge in [0.1, 0.15) is 0 Å². The number of hydrogen-bond acceptors (Lipinski definition) is 3. The molecule has 0 aromatic rings. The van der Waals surface area contributed by atoms with E-state index in [0.717, 1.165) is 17.0 Å². The SMILES string of the molecule is C=CC(NCCC)C1SCCSC1CC. The van der Waals surface area contributed by atoms with Crippen LogP contribution in [-0.2, 0) is 0 Å². The minimum atomic E-state index is 0.493. The first kappa shape index (κ1) is 13.5. The fourth-order valence-electron chi connectivity index (χ4n) is 1.92. The van der Waals surface area contributed by atoms with Gasteiger partial charge in [0.15, 0.2) is 0 Å². The maximum absolute atomic E-state index is 3.97. The van der Waals surface area contributed by atoms with Crippen LogP contribution in [0.4, 0.5) is 0 Å². The molecule has 0 amide bonds. The first-order valence-electron chi connectivity index (χ1n) is 5.92. The summed E-state index contributed by atoms with van der Waals surface area (Å²) >= 11 is 4.26. The van der Waals surface area contributed by atoms with Crippen molar-refractivity contribution in [2.24, 2.45) is 0 Å². The van der Waals surface area contributed by atoms with Gasteiger partial charge >= 0.3 is 0 Å². The Bertz CT molecular complexity index is 184. The predicted molar refractivity (Wildman–Crippen MR) is 75.1 cm³/mol. The van der Waals surface area contributed by atoms with E-state index in [1.54, 1.807) is 0 Å². The lowest BCUT2D eigenvalue weighted by atomic mass is 10.1. The summed E-state index contributed by atoms with van der Waals surface area (Å²) in [5.41, 5.74) is 0. The molecule has 1 fully saturated rings. The maximum Gasteiger partial charge on any atom is 0.0378 e. The fourth-order valence-corrected chi connectivity index (χ4v) is 5.15. The molecule has 1 aliphatic heterocycles. The maximum atomic E-state index is 3.97. The van der Waals surface area contributed by atoms with Crippen molar-refractivity contribution in [2.75, 3.05) is 18.1 Å². The summed E-state index contributed by atoms with van der Waals surface area (Å²) in [5, 5.41) is 5.12. The molecule has 0 aromatic heterocycles. The van der Waals surface area contributed by atoms with Crippen LogP contribution in [-0.4, -0.2) is 34.6 Å². The van der Waals surface area contributed by atoms with E-state index < -0.39 is 0 Å². The summed E-state index contributed by atoms with van der Waals surface area (Å²) in [4.78, 5) is 0. The second-order valence-corrected chi connectivity index (χ2v) is 6.50. The van der Waals surface area contributed by atoms with Gasteiger partial charge in [-0.3, -0.25) is 0 Å². The highest BCUT2D eigenvalue weighted by atomic mass is 32.2. The van der Waals surface area contributed by atoms with E-state index in [4.69, 9.17) is 0 Å². The molecule has 1 rings (SSSR count). The number of nitrogens with one attached hydrogen (secondary N) is 1. The first-order valence-corrected chi connectivity index (χ1v) is 8.02. The summed E-state index contributed by atoms with van der Waals surface area (Å²) in [6.07, 6.45) is 4.58. The molecule has 0 spiro atoms. The van der Waals surface area contributed by atoms with Gasteiger partial charge in [-0.05, 0) is 19.4 Å². The lowest BCUT2D eigenvalue weighted by Gasteiger charge is -2.35. The molecule has 1 nitrogen and oxygen atoms in total. The van der Waals surface area contributed by atoms with Crippen LogP contribution in [0.5, 0.6) is 0 Å². The Morgan fingerprint density at radius 3 is 2.73 bits per heavy atom. The molecular formula is C12H23NS2. The third kappa shape index (κ3) is 4.04. The van der Waals surface area contributed by atoms with Crippen molar-refractivity contribution in [3.8, 4) is 0 Å². The van der Waals surface area contributed by atoms with E-state index in [0.29, 0.717) is 6.04 Å². The zero-order chi connectivity index (χ0) is 11.1. The van der Waals surface area contributed by atoms with Crippen LogP contribution >= 0.6 is 23.5 Å². The highest BCUT2D eigenvalue weighted by Gasteiger charge is 2.29. The average molecular weight is 245 g/mol. The zero-order valence-electron chi connectivity index (χ0n) is 9.87. The molecule has 1 saturated heterocycles. The van der Waals surface area contributed by atoms with Gasteiger partial charge in [0.25, 0.3) is 0 Å². The van der Waals surface area contributed by atoms with Crippen molar-refractivity contribution in [3.05, 3.63) is 12.7 Å². The Balaban J connectivity index is 2.51. The van der Waals surface area contributed by atoms with E-state index in [1.807, 2.05) is 0 Å². The van der Waals surface area contributed by atoms with Crippen molar-refractivity contribution in [1.29, 1.82) is 0 Å². The van der Waals surface area contributed by atoms with E-state index in [-0.39, 0.29) is 0 Å². The summed E-state index contributed by atoms with van der Waals surface area (Å²) in [5.74, 6) is 2.61. The fraction of sp³-hybridized carbons (Fsp3) is 0.833. The minimum absolute atomic E-state index is 0.493. The summed E-state index contributed by atoms with van der Waals surface area (Å²) in [7, 11) is 0. The van der Waals surface area contributed by atoms with Crippen LogP contribution in [0, 0.1) is 0 Å². The van der Waals surface area contributed by atoms with Gasteiger partial charge in [-0.1, -0.05) is 19.9 Å². The van der Waals surface area contributed by atoms with Crippen molar-refractivity contribution >= 4 is 23.5 Å². The van der Waals surface area contributed by atoms with Crippen LogP contribution in [0.2, 0.25) is 0 Å². The highest BCUT2D eigenvalue weighted by molar-refractivity contribution is 8.07. The first-order chi connectivity index (χ1) is 7.33. The second kappa shape index (κ2) is 7.64. The molecule has 0 aliphatic carbocycles. The van der Waals surface area contributed by atoms with E-state index in [9.17, 15) is 0 Å². The van der Waals surface area contributed by atoms with E-state index >= 15 is 0 Å². The molecular weight excluding hydrogens is 222 g/mol. The average Bonchev–Trinajstić information content (AvgIpc) is 2.30. The van der Waals surface area contributed by atoms with Crippen molar-refractivity contribution < 1.29 is 0 Å². The molecule has 1 heterocycles. The second-order valence-electron chi connectivity index (χ2n) is 3.87.